The van der Waals surface area contributed by atoms with Crippen LogP contribution in [-0.4, -0.2) is 18.2 Å². The number of nitrogens with zero attached hydrogens (tertiary/aromatic N) is 2. The Morgan fingerprint density at radius 3 is 2.41 bits per heavy atom. The van der Waals surface area contributed by atoms with E-state index in [-0.39, 0.29) is 5.91 Å². The average Bonchev–Trinajstić information content (AvgIpc) is 2.98. The van der Waals surface area contributed by atoms with Gasteiger partial charge in [-0.15, -0.1) is 0 Å². The van der Waals surface area contributed by atoms with Gasteiger partial charge in [0, 0.05) is 0 Å². The Morgan fingerprint density at radius 2 is 1.76 bits per heavy atom. The van der Waals surface area contributed by atoms with Crippen molar-refractivity contribution in [1.82, 2.24) is 0 Å². The van der Waals surface area contributed by atoms with E-state index in [0.717, 1.165) is 24.1 Å². The molecule has 0 unspecified atom stereocenters. The minimum atomic E-state index is -0.183. The lowest BCUT2D eigenvalue weighted by Crippen LogP contribution is -2.21. The highest BCUT2D eigenvalue weighted by Gasteiger charge is 2.28. The summed E-state index contributed by atoms with van der Waals surface area (Å²) in [7, 11) is 0. The summed E-state index contributed by atoms with van der Waals surface area (Å²) in [5.41, 5.74) is 2.60. The SMILES string of the molecule is CCCCCCOc1c(Cl)cc(/C=C2\C(=O)N(c3ccccc3)N=C2C)cc1Cl. The molecule has 0 bridgehead atoms. The largest absolute Gasteiger partial charge is 0.490 e. The van der Waals surface area contributed by atoms with Gasteiger partial charge in [0.2, 0.25) is 0 Å². The first kappa shape index (κ1) is 21.4. The van der Waals surface area contributed by atoms with Crippen LogP contribution >= 0.6 is 23.2 Å². The summed E-state index contributed by atoms with van der Waals surface area (Å²) < 4.78 is 5.77. The predicted octanol–water partition coefficient (Wildman–Crippen LogP) is 6.76. The maximum absolute atomic E-state index is 12.8. The molecule has 1 aliphatic rings. The molecule has 0 atom stereocenters. The summed E-state index contributed by atoms with van der Waals surface area (Å²) in [6.07, 6.45) is 6.20. The lowest BCUT2D eigenvalue weighted by atomic mass is 10.1. The van der Waals surface area contributed by atoms with Crippen LogP contribution < -0.4 is 9.75 Å². The van der Waals surface area contributed by atoms with E-state index in [1.54, 1.807) is 18.2 Å². The Kier molecular flexibility index (Phi) is 7.34. The van der Waals surface area contributed by atoms with Gasteiger partial charge in [-0.3, -0.25) is 4.79 Å². The molecule has 0 spiro atoms. The lowest BCUT2D eigenvalue weighted by molar-refractivity contribution is -0.114. The number of anilines is 1. The fourth-order valence-electron chi connectivity index (χ4n) is 3.10. The van der Waals surface area contributed by atoms with E-state index in [0.29, 0.717) is 33.7 Å². The van der Waals surface area contributed by atoms with Gasteiger partial charge in [-0.2, -0.15) is 10.1 Å². The summed E-state index contributed by atoms with van der Waals surface area (Å²) in [6, 6.07) is 12.8. The maximum Gasteiger partial charge on any atom is 0.280 e. The number of hydrogen-bond acceptors (Lipinski definition) is 3. The van der Waals surface area contributed by atoms with Gasteiger partial charge < -0.3 is 4.74 Å². The molecule has 152 valence electrons. The third kappa shape index (κ3) is 5.20. The standard InChI is InChI=1S/C23H24Cl2N2O2/c1-3-4-5-9-12-29-22-20(24)14-17(15-21(22)25)13-19-16(2)26-27(23(19)28)18-10-7-6-8-11-18/h6-8,10-11,13-15H,3-5,9,12H2,1-2H3/b19-13-. The van der Waals surface area contributed by atoms with Crippen LogP contribution in [0.15, 0.2) is 53.1 Å². The van der Waals surface area contributed by atoms with Gasteiger partial charge in [-0.25, -0.2) is 0 Å². The van der Waals surface area contributed by atoms with Crippen molar-refractivity contribution in [1.29, 1.82) is 0 Å². The van der Waals surface area contributed by atoms with Crippen molar-refractivity contribution in [3.05, 3.63) is 63.6 Å². The molecular formula is C23H24Cl2N2O2. The second kappa shape index (κ2) is 9.95. The number of unbranched alkanes of at least 4 members (excludes halogenated alkanes) is 3. The first-order valence-electron chi connectivity index (χ1n) is 9.80. The zero-order valence-corrected chi connectivity index (χ0v) is 18.1. The molecule has 0 saturated carbocycles. The summed E-state index contributed by atoms with van der Waals surface area (Å²) in [5, 5.41) is 6.65. The molecule has 3 rings (SSSR count). The van der Waals surface area contributed by atoms with Gasteiger partial charge in [0.05, 0.1) is 33.6 Å². The van der Waals surface area contributed by atoms with Crippen molar-refractivity contribution in [3.63, 3.8) is 0 Å². The number of ether oxygens (including phenoxy) is 1. The van der Waals surface area contributed by atoms with Crippen LogP contribution in [0, 0.1) is 0 Å². The first-order valence-corrected chi connectivity index (χ1v) is 10.6. The van der Waals surface area contributed by atoms with E-state index in [1.807, 2.05) is 37.3 Å². The van der Waals surface area contributed by atoms with Crippen LogP contribution in [0.5, 0.6) is 5.75 Å². The molecule has 2 aromatic carbocycles. The summed E-state index contributed by atoms with van der Waals surface area (Å²) in [5.74, 6) is 0.304. The molecule has 0 radical (unpaired) electrons. The van der Waals surface area contributed by atoms with E-state index < -0.39 is 0 Å². The number of benzene rings is 2. The van der Waals surface area contributed by atoms with Crippen LogP contribution in [-0.2, 0) is 4.79 Å². The number of para-hydroxylation sites is 1. The summed E-state index contributed by atoms with van der Waals surface area (Å²) in [6.45, 7) is 4.56. The topological polar surface area (TPSA) is 41.9 Å². The molecule has 0 saturated heterocycles. The molecule has 0 fully saturated rings. The minimum Gasteiger partial charge on any atom is -0.490 e. The highest BCUT2D eigenvalue weighted by molar-refractivity contribution is 6.37. The third-order valence-electron chi connectivity index (χ3n) is 4.64. The van der Waals surface area contributed by atoms with Gasteiger partial charge in [0.15, 0.2) is 5.75 Å². The van der Waals surface area contributed by atoms with Crippen LogP contribution in [0.1, 0.15) is 45.1 Å². The zero-order valence-electron chi connectivity index (χ0n) is 16.6. The van der Waals surface area contributed by atoms with E-state index in [2.05, 4.69) is 12.0 Å². The molecule has 1 amide bonds. The molecule has 29 heavy (non-hydrogen) atoms. The summed E-state index contributed by atoms with van der Waals surface area (Å²) >= 11 is 12.8. The fourth-order valence-corrected chi connectivity index (χ4v) is 3.71. The van der Waals surface area contributed by atoms with Crippen molar-refractivity contribution in [2.24, 2.45) is 5.10 Å². The molecule has 0 aromatic heterocycles. The number of carbonyl (C=O) groups excluding carboxylic acids is 1. The van der Waals surface area contributed by atoms with Gasteiger partial charge in [0.25, 0.3) is 5.91 Å². The number of rotatable bonds is 8. The smallest absolute Gasteiger partial charge is 0.280 e. The van der Waals surface area contributed by atoms with Crippen molar-refractivity contribution in [2.45, 2.75) is 39.5 Å². The molecule has 2 aromatic rings. The normalized spacial score (nSPS) is 15.2. The van der Waals surface area contributed by atoms with Crippen LogP contribution in [0.2, 0.25) is 10.0 Å². The highest BCUT2D eigenvalue weighted by Crippen LogP contribution is 2.35. The first-order chi connectivity index (χ1) is 14.0. The number of amides is 1. The molecule has 0 N–H and O–H groups in total. The fraction of sp³-hybridized carbons (Fsp3) is 0.304. The number of hydrazone groups is 1. The van der Waals surface area contributed by atoms with Crippen molar-refractivity contribution in [3.8, 4) is 5.75 Å². The van der Waals surface area contributed by atoms with Gasteiger partial charge in [-0.05, 0) is 49.2 Å². The number of carbonyl (C=O) groups is 1. The Morgan fingerprint density at radius 1 is 1.07 bits per heavy atom. The molecule has 1 heterocycles. The second-order valence-electron chi connectivity index (χ2n) is 6.92. The Balaban J connectivity index is 1.77. The Labute approximate surface area is 181 Å². The van der Waals surface area contributed by atoms with Crippen LogP contribution in [0.4, 0.5) is 5.69 Å². The Hall–Kier alpha value is -2.30. The van der Waals surface area contributed by atoms with E-state index in [9.17, 15) is 4.79 Å². The van der Waals surface area contributed by atoms with Gasteiger partial charge in [0.1, 0.15) is 0 Å². The molecule has 4 nitrogen and oxygen atoms in total. The van der Waals surface area contributed by atoms with Crippen molar-refractivity contribution < 1.29 is 9.53 Å². The van der Waals surface area contributed by atoms with E-state index in [4.69, 9.17) is 27.9 Å². The maximum atomic E-state index is 12.8. The van der Waals surface area contributed by atoms with Crippen LogP contribution in [0.3, 0.4) is 0 Å². The monoisotopic (exact) mass is 430 g/mol. The molecule has 0 aliphatic carbocycles. The van der Waals surface area contributed by atoms with Gasteiger partial charge >= 0.3 is 0 Å². The zero-order chi connectivity index (χ0) is 20.8. The van der Waals surface area contributed by atoms with Gasteiger partial charge in [-0.1, -0.05) is 67.6 Å². The van der Waals surface area contributed by atoms with E-state index in [1.165, 1.54) is 17.9 Å². The van der Waals surface area contributed by atoms with Crippen molar-refractivity contribution in [2.75, 3.05) is 11.6 Å². The minimum absolute atomic E-state index is 0.183. The lowest BCUT2D eigenvalue weighted by Gasteiger charge is -2.12. The quantitative estimate of drug-likeness (QED) is 0.342. The predicted molar refractivity (Wildman–Crippen MR) is 121 cm³/mol. The molecule has 6 heteroatoms. The number of halogens is 2. The summed E-state index contributed by atoms with van der Waals surface area (Å²) in [4.78, 5) is 12.8. The third-order valence-corrected chi connectivity index (χ3v) is 5.20. The highest BCUT2D eigenvalue weighted by atomic mass is 35.5. The second-order valence-corrected chi connectivity index (χ2v) is 7.73. The Bertz CT molecular complexity index is 916. The van der Waals surface area contributed by atoms with Crippen molar-refractivity contribution >= 4 is 46.6 Å². The number of hydrogen-bond donors (Lipinski definition) is 0. The molecule has 1 aliphatic heterocycles. The average molecular weight is 431 g/mol. The van der Waals surface area contributed by atoms with E-state index >= 15 is 0 Å². The molecular weight excluding hydrogens is 407 g/mol. The van der Waals surface area contributed by atoms with Crippen LogP contribution in [0.25, 0.3) is 6.08 Å².